The summed E-state index contributed by atoms with van der Waals surface area (Å²) in [4.78, 5) is 12.3. The van der Waals surface area contributed by atoms with Crippen LogP contribution in [0, 0.1) is 0 Å². The summed E-state index contributed by atoms with van der Waals surface area (Å²) in [5.41, 5.74) is 2.52. The molecule has 1 N–H and O–H groups in total. The lowest BCUT2D eigenvalue weighted by atomic mass is 9.98. The first-order chi connectivity index (χ1) is 12.1. The molecule has 1 atom stereocenters. The number of hydrogen-bond donors (Lipinski definition) is 1. The van der Waals surface area contributed by atoms with E-state index in [2.05, 4.69) is 5.10 Å². The van der Waals surface area contributed by atoms with Crippen LogP contribution in [0.4, 0.5) is 4.79 Å². The van der Waals surface area contributed by atoms with Gasteiger partial charge in [-0.1, -0.05) is 30.3 Å². The molecule has 2 aromatic rings. The van der Waals surface area contributed by atoms with E-state index in [4.69, 9.17) is 9.47 Å². The SMILES string of the molecule is CCOC(=O)N1N=C(c2ccc(O)c(OC)c2)CC1c1ccccc1. The van der Waals surface area contributed by atoms with Gasteiger partial charge in [0.15, 0.2) is 11.5 Å². The van der Waals surface area contributed by atoms with Gasteiger partial charge in [-0.15, -0.1) is 0 Å². The predicted molar refractivity (Wildman–Crippen MR) is 93.9 cm³/mol. The van der Waals surface area contributed by atoms with Crippen molar-refractivity contribution in [3.63, 3.8) is 0 Å². The van der Waals surface area contributed by atoms with Crippen molar-refractivity contribution in [2.24, 2.45) is 5.10 Å². The largest absolute Gasteiger partial charge is 0.504 e. The van der Waals surface area contributed by atoms with Crippen LogP contribution in [0.3, 0.4) is 0 Å². The molecule has 3 rings (SSSR count). The zero-order chi connectivity index (χ0) is 17.8. The number of nitrogens with zero attached hydrogens (tertiary/aromatic N) is 2. The van der Waals surface area contributed by atoms with Crippen molar-refractivity contribution < 1.29 is 19.4 Å². The molecule has 6 nitrogen and oxygen atoms in total. The van der Waals surface area contributed by atoms with Crippen LogP contribution in [0.2, 0.25) is 0 Å². The van der Waals surface area contributed by atoms with Gasteiger partial charge in [-0.3, -0.25) is 0 Å². The normalized spacial score (nSPS) is 16.5. The van der Waals surface area contributed by atoms with Crippen molar-refractivity contribution in [3.8, 4) is 11.5 Å². The summed E-state index contributed by atoms with van der Waals surface area (Å²) >= 11 is 0. The van der Waals surface area contributed by atoms with E-state index >= 15 is 0 Å². The molecule has 130 valence electrons. The Labute approximate surface area is 146 Å². The molecule has 0 aromatic heterocycles. The van der Waals surface area contributed by atoms with Crippen molar-refractivity contribution in [1.29, 1.82) is 0 Å². The highest BCUT2D eigenvalue weighted by molar-refractivity contribution is 6.03. The molecule has 0 fully saturated rings. The maximum Gasteiger partial charge on any atom is 0.430 e. The zero-order valence-electron chi connectivity index (χ0n) is 14.2. The monoisotopic (exact) mass is 340 g/mol. The number of phenols is 1. The molecule has 0 saturated heterocycles. The second-order valence-electron chi connectivity index (χ2n) is 5.61. The van der Waals surface area contributed by atoms with Crippen LogP contribution < -0.4 is 4.74 Å². The van der Waals surface area contributed by atoms with Crippen molar-refractivity contribution in [2.45, 2.75) is 19.4 Å². The van der Waals surface area contributed by atoms with Crippen LogP contribution in [0.25, 0.3) is 0 Å². The minimum absolute atomic E-state index is 0.0618. The molecule has 1 unspecified atom stereocenters. The molecule has 1 aliphatic rings. The maximum absolute atomic E-state index is 12.3. The van der Waals surface area contributed by atoms with E-state index in [0.29, 0.717) is 12.2 Å². The first-order valence-electron chi connectivity index (χ1n) is 8.09. The third kappa shape index (κ3) is 3.42. The molecule has 1 heterocycles. The number of hydrogen-bond acceptors (Lipinski definition) is 5. The predicted octanol–water partition coefficient (Wildman–Crippen LogP) is 3.71. The first-order valence-corrected chi connectivity index (χ1v) is 8.09. The summed E-state index contributed by atoms with van der Waals surface area (Å²) in [5, 5.41) is 15.6. The molecule has 6 heteroatoms. The molecule has 1 aliphatic heterocycles. The Hall–Kier alpha value is -3.02. The molecule has 25 heavy (non-hydrogen) atoms. The van der Waals surface area contributed by atoms with Crippen LogP contribution in [0.1, 0.15) is 30.5 Å². The zero-order valence-corrected chi connectivity index (χ0v) is 14.2. The molecule has 2 aromatic carbocycles. The Morgan fingerprint density at radius 2 is 2.04 bits per heavy atom. The fourth-order valence-electron chi connectivity index (χ4n) is 2.83. The van der Waals surface area contributed by atoms with E-state index in [0.717, 1.165) is 16.8 Å². The quantitative estimate of drug-likeness (QED) is 0.921. The summed E-state index contributed by atoms with van der Waals surface area (Å²) in [6.45, 7) is 2.05. The van der Waals surface area contributed by atoms with Gasteiger partial charge in [0.25, 0.3) is 0 Å². The van der Waals surface area contributed by atoms with Crippen molar-refractivity contribution >= 4 is 11.8 Å². The molecule has 0 saturated carbocycles. The van der Waals surface area contributed by atoms with Gasteiger partial charge in [0.05, 0.1) is 25.5 Å². The fraction of sp³-hybridized carbons (Fsp3) is 0.263. The van der Waals surface area contributed by atoms with E-state index in [-0.39, 0.29) is 18.4 Å². The number of ether oxygens (including phenoxy) is 2. The standard InChI is InChI=1S/C19H20N2O4/c1-3-25-19(23)21-16(13-7-5-4-6-8-13)12-15(20-21)14-9-10-17(22)18(11-14)24-2/h4-11,16,22H,3,12H2,1-2H3. The lowest BCUT2D eigenvalue weighted by Gasteiger charge is -2.21. The van der Waals surface area contributed by atoms with Crippen LogP contribution in [-0.2, 0) is 4.74 Å². The molecular weight excluding hydrogens is 320 g/mol. The molecule has 0 bridgehead atoms. The fourth-order valence-corrected chi connectivity index (χ4v) is 2.83. The Kier molecular flexibility index (Phi) is 4.88. The Bertz CT molecular complexity index is 789. The Balaban J connectivity index is 1.95. The van der Waals surface area contributed by atoms with Gasteiger partial charge in [0, 0.05) is 12.0 Å². The van der Waals surface area contributed by atoms with E-state index in [9.17, 15) is 9.90 Å². The Morgan fingerprint density at radius 3 is 2.72 bits per heavy atom. The number of phenolic OH excluding ortho intramolecular Hbond substituents is 1. The van der Waals surface area contributed by atoms with E-state index < -0.39 is 6.09 Å². The molecule has 1 amide bonds. The van der Waals surface area contributed by atoms with Crippen LogP contribution in [-0.4, -0.2) is 35.6 Å². The maximum atomic E-state index is 12.3. The second kappa shape index (κ2) is 7.25. The van der Waals surface area contributed by atoms with Gasteiger partial charge in [0.2, 0.25) is 0 Å². The second-order valence-corrected chi connectivity index (χ2v) is 5.61. The molecule has 0 spiro atoms. The smallest absolute Gasteiger partial charge is 0.430 e. The highest BCUT2D eigenvalue weighted by atomic mass is 16.6. The number of amides is 1. The number of aromatic hydroxyl groups is 1. The van der Waals surface area contributed by atoms with Gasteiger partial charge >= 0.3 is 6.09 Å². The topological polar surface area (TPSA) is 71.4 Å². The Morgan fingerprint density at radius 1 is 1.28 bits per heavy atom. The van der Waals surface area contributed by atoms with Crippen LogP contribution in [0.15, 0.2) is 53.6 Å². The number of carbonyl (C=O) groups excluding carboxylic acids is 1. The van der Waals surface area contributed by atoms with Crippen molar-refractivity contribution in [2.75, 3.05) is 13.7 Å². The van der Waals surface area contributed by atoms with Gasteiger partial charge in [-0.05, 0) is 30.7 Å². The number of hydrazone groups is 1. The molecular formula is C19H20N2O4. The first kappa shape index (κ1) is 16.8. The average molecular weight is 340 g/mol. The minimum atomic E-state index is -0.475. The summed E-state index contributed by atoms with van der Waals surface area (Å²) in [6.07, 6.45) is 0.0774. The van der Waals surface area contributed by atoms with Gasteiger partial charge in [-0.25, -0.2) is 4.79 Å². The summed E-state index contributed by atoms with van der Waals surface area (Å²) in [6, 6.07) is 14.5. The molecule has 0 aliphatic carbocycles. The summed E-state index contributed by atoms with van der Waals surface area (Å²) in [5.74, 6) is 0.428. The average Bonchev–Trinajstić information content (AvgIpc) is 3.08. The van der Waals surface area contributed by atoms with Gasteiger partial charge < -0.3 is 14.6 Å². The van der Waals surface area contributed by atoms with Crippen LogP contribution >= 0.6 is 0 Å². The van der Waals surface area contributed by atoms with E-state index in [1.54, 1.807) is 25.1 Å². The van der Waals surface area contributed by atoms with Crippen molar-refractivity contribution in [3.05, 3.63) is 59.7 Å². The van der Waals surface area contributed by atoms with Gasteiger partial charge in [0.1, 0.15) is 0 Å². The third-order valence-electron chi connectivity index (χ3n) is 4.06. The summed E-state index contributed by atoms with van der Waals surface area (Å²) in [7, 11) is 1.49. The molecule has 0 radical (unpaired) electrons. The summed E-state index contributed by atoms with van der Waals surface area (Å²) < 4.78 is 10.3. The number of carbonyl (C=O) groups is 1. The highest BCUT2D eigenvalue weighted by Crippen LogP contribution is 2.35. The number of methoxy groups -OCH3 is 1. The highest BCUT2D eigenvalue weighted by Gasteiger charge is 2.34. The minimum Gasteiger partial charge on any atom is -0.504 e. The lowest BCUT2D eigenvalue weighted by Crippen LogP contribution is -2.27. The van der Waals surface area contributed by atoms with Crippen LogP contribution in [0.5, 0.6) is 11.5 Å². The number of rotatable bonds is 4. The van der Waals surface area contributed by atoms with Gasteiger partial charge in [-0.2, -0.15) is 10.1 Å². The lowest BCUT2D eigenvalue weighted by molar-refractivity contribution is 0.0975. The van der Waals surface area contributed by atoms with Crippen molar-refractivity contribution in [1.82, 2.24) is 5.01 Å². The number of benzene rings is 2. The van der Waals surface area contributed by atoms with E-state index in [1.165, 1.54) is 12.1 Å². The van der Waals surface area contributed by atoms with E-state index in [1.807, 2.05) is 30.3 Å². The third-order valence-corrected chi connectivity index (χ3v) is 4.06.